The van der Waals surface area contributed by atoms with Crippen molar-refractivity contribution in [1.82, 2.24) is 14.5 Å². The average Bonchev–Trinajstić information content (AvgIpc) is 3.04. The number of carbonyl (C=O) groups is 1. The summed E-state index contributed by atoms with van der Waals surface area (Å²) in [4.78, 5) is 21.5. The lowest BCUT2D eigenvalue weighted by Crippen LogP contribution is -2.17. The maximum atomic E-state index is 12.9. The summed E-state index contributed by atoms with van der Waals surface area (Å²) in [6.07, 6.45) is 3.32. The number of hydrogen-bond donors (Lipinski definition) is 1. The molecular formula is C19H13BrN4O. The lowest BCUT2D eigenvalue weighted by atomic mass is 10.2. The molecule has 0 fully saturated rings. The minimum atomic E-state index is -0.217. The highest BCUT2D eigenvalue weighted by Gasteiger charge is 2.18. The molecule has 1 amide bonds. The van der Waals surface area contributed by atoms with Gasteiger partial charge in [0.1, 0.15) is 5.69 Å². The number of rotatable bonds is 3. The highest BCUT2D eigenvalue weighted by Crippen LogP contribution is 2.23. The van der Waals surface area contributed by atoms with Crippen molar-refractivity contribution in [3.63, 3.8) is 0 Å². The van der Waals surface area contributed by atoms with Crippen LogP contribution >= 0.6 is 15.9 Å². The molecule has 2 heterocycles. The Bertz CT molecular complexity index is 1040. The van der Waals surface area contributed by atoms with E-state index in [0.717, 1.165) is 21.1 Å². The number of nitrogens with zero attached hydrogens (tertiary/aromatic N) is 3. The van der Waals surface area contributed by atoms with Crippen molar-refractivity contribution < 1.29 is 4.79 Å². The molecule has 4 aromatic rings. The average molecular weight is 393 g/mol. The molecule has 122 valence electrons. The Hall–Kier alpha value is -2.99. The highest BCUT2D eigenvalue weighted by molar-refractivity contribution is 9.10. The Kier molecular flexibility index (Phi) is 4.03. The largest absolute Gasteiger partial charge is 0.321 e. The molecule has 0 saturated heterocycles. The van der Waals surface area contributed by atoms with Crippen molar-refractivity contribution in [1.29, 1.82) is 0 Å². The number of hydrogen-bond acceptors (Lipinski definition) is 3. The smallest absolute Gasteiger partial charge is 0.272 e. The summed E-state index contributed by atoms with van der Waals surface area (Å²) in [7, 11) is 0. The zero-order valence-corrected chi connectivity index (χ0v) is 14.6. The first kappa shape index (κ1) is 15.5. The second kappa shape index (κ2) is 6.49. The van der Waals surface area contributed by atoms with E-state index in [1.54, 1.807) is 23.0 Å². The molecule has 0 spiro atoms. The van der Waals surface area contributed by atoms with Crippen molar-refractivity contribution in [2.24, 2.45) is 0 Å². The van der Waals surface area contributed by atoms with E-state index in [1.807, 2.05) is 54.6 Å². The van der Waals surface area contributed by atoms with Gasteiger partial charge in [0.15, 0.2) is 0 Å². The van der Waals surface area contributed by atoms with E-state index < -0.39 is 0 Å². The van der Waals surface area contributed by atoms with Crippen molar-refractivity contribution in [2.45, 2.75) is 0 Å². The van der Waals surface area contributed by atoms with Crippen LogP contribution in [0, 0.1) is 0 Å². The summed E-state index contributed by atoms with van der Waals surface area (Å²) in [5, 5.41) is 3.87. The highest BCUT2D eigenvalue weighted by atomic mass is 79.9. The molecule has 0 bridgehead atoms. The Balaban J connectivity index is 1.81. The predicted octanol–water partition coefficient (Wildman–Crippen LogP) is 4.44. The van der Waals surface area contributed by atoms with Gasteiger partial charge in [-0.05, 0) is 42.5 Å². The van der Waals surface area contributed by atoms with E-state index >= 15 is 0 Å². The van der Waals surface area contributed by atoms with Gasteiger partial charge in [-0.3, -0.25) is 9.36 Å². The van der Waals surface area contributed by atoms with Crippen LogP contribution in [0.1, 0.15) is 10.5 Å². The topological polar surface area (TPSA) is 59.8 Å². The van der Waals surface area contributed by atoms with Crippen molar-refractivity contribution >= 4 is 38.4 Å². The first-order chi connectivity index (χ1) is 12.2. The summed E-state index contributed by atoms with van der Waals surface area (Å²) in [5.74, 6) is 0.246. The summed E-state index contributed by atoms with van der Waals surface area (Å²) in [6, 6.07) is 18.8. The molecule has 2 aromatic carbocycles. The van der Waals surface area contributed by atoms with Gasteiger partial charge in [0.25, 0.3) is 5.91 Å². The Labute approximate surface area is 152 Å². The standard InChI is InChI=1S/C19H13BrN4O/c20-14-6-8-15(9-7-14)23-18(25)17-12-13-4-1-2-5-16(13)24(17)19-21-10-3-11-22-19/h1-12H,(H,23,25). The quantitative estimate of drug-likeness (QED) is 0.560. The van der Waals surface area contributed by atoms with E-state index in [4.69, 9.17) is 0 Å². The number of halogens is 1. The molecule has 0 aliphatic rings. The fourth-order valence-corrected chi connectivity index (χ4v) is 2.94. The first-order valence-corrected chi connectivity index (χ1v) is 8.46. The summed E-state index contributed by atoms with van der Waals surface area (Å²) < 4.78 is 2.72. The Morgan fingerprint density at radius 3 is 2.44 bits per heavy atom. The summed E-state index contributed by atoms with van der Waals surface area (Å²) in [5.41, 5.74) is 2.09. The lowest BCUT2D eigenvalue weighted by molar-refractivity contribution is 0.102. The van der Waals surface area contributed by atoms with Crippen molar-refractivity contribution in [3.8, 4) is 5.95 Å². The molecule has 0 atom stereocenters. The monoisotopic (exact) mass is 392 g/mol. The SMILES string of the molecule is O=C(Nc1ccc(Br)cc1)c1cc2ccccc2n1-c1ncccn1. The number of carbonyl (C=O) groups excluding carboxylic acids is 1. The van der Waals surface area contributed by atoms with E-state index in [9.17, 15) is 4.79 Å². The number of nitrogens with one attached hydrogen (secondary N) is 1. The van der Waals surface area contributed by atoms with Crippen LogP contribution in [0.15, 0.2) is 77.5 Å². The van der Waals surface area contributed by atoms with Crippen molar-refractivity contribution in [3.05, 3.63) is 83.2 Å². The number of aromatic nitrogens is 3. The van der Waals surface area contributed by atoms with Gasteiger partial charge in [-0.2, -0.15) is 0 Å². The second-order valence-electron chi connectivity index (χ2n) is 5.43. The van der Waals surface area contributed by atoms with Crippen LogP contribution in [0.4, 0.5) is 5.69 Å². The minimum absolute atomic E-state index is 0.217. The zero-order valence-electron chi connectivity index (χ0n) is 13.1. The third-order valence-electron chi connectivity index (χ3n) is 3.80. The fourth-order valence-electron chi connectivity index (χ4n) is 2.67. The molecular weight excluding hydrogens is 380 g/mol. The van der Waals surface area contributed by atoms with Gasteiger partial charge in [-0.25, -0.2) is 9.97 Å². The number of amides is 1. The van der Waals surface area contributed by atoms with E-state index in [0.29, 0.717) is 11.6 Å². The molecule has 25 heavy (non-hydrogen) atoms. The van der Waals surface area contributed by atoms with Crippen LogP contribution in [-0.2, 0) is 0 Å². The molecule has 0 saturated carbocycles. The number of benzene rings is 2. The van der Waals surface area contributed by atoms with Gasteiger partial charge in [-0.1, -0.05) is 34.1 Å². The number of anilines is 1. The van der Waals surface area contributed by atoms with E-state index in [-0.39, 0.29) is 5.91 Å². The first-order valence-electron chi connectivity index (χ1n) is 7.67. The third-order valence-corrected chi connectivity index (χ3v) is 4.33. The van der Waals surface area contributed by atoms with Crippen LogP contribution in [0.3, 0.4) is 0 Å². The maximum Gasteiger partial charge on any atom is 0.272 e. The van der Waals surface area contributed by atoms with Crippen LogP contribution in [0.25, 0.3) is 16.9 Å². The van der Waals surface area contributed by atoms with Gasteiger partial charge < -0.3 is 5.32 Å². The van der Waals surface area contributed by atoms with Gasteiger partial charge >= 0.3 is 0 Å². The van der Waals surface area contributed by atoms with Gasteiger partial charge in [0.05, 0.1) is 5.52 Å². The molecule has 6 heteroatoms. The van der Waals surface area contributed by atoms with Gasteiger partial charge in [0, 0.05) is 27.9 Å². The van der Waals surface area contributed by atoms with Crippen LogP contribution in [0.2, 0.25) is 0 Å². The number of fused-ring (bicyclic) bond motifs is 1. The number of para-hydroxylation sites is 1. The lowest BCUT2D eigenvalue weighted by Gasteiger charge is -2.09. The predicted molar refractivity (Wildman–Crippen MR) is 101 cm³/mol. The molecule has 1 N–H and O–H groups in total. The van der Waals surface area contributed by atoms with Crippen LogP contribution < -0.4 is 5.32 Å². The van der Waals surface area contributed by atoms with E-state index in [2.05, 4.69) is 31.2 Å². The van der Waals surface area contributed by atoms with E-state index in [1.165, 1.54) is 0 Å². The third kappa shape index (κ3) is 3.04. The maximum absolute atomic E-state index is 12.9. The van der Waals surface area contributed by atoms with Gasteiger partial charge in [0.2, 0.25) is 5.95 Å². The molecule has 5 nitrogen and oxygen atoms in total. The molecule has 0 aliphatic heterocycles. The molecule has 0 radical (unpaired) electrons. The Morgan fingerprint density at radius 1 is 0.960 bits per heavy atom. The van der Waals surface area contributed by atoms with Crippen LogP contribution in [-0.4, -0.2) is 20.4 Å². The fraction of sp³-hybridized carbons (Fsp3) is 0. The zero-order chi connectivity index (χ0) is 17.2. The van der Waals surface area contributed by atoms with Gasteiger partial charge in [-0.15, -0.1) is 0 Å². The summed E-state index contributed by atoms with van der Waals surface area (Å²) >= 11 is 3.39. The minimum Gasteiger partial charge on any atom is -0.321 e. The molecule has 2 aromatic heterocycles. The van der Waals surface area contributed by atoms with Crippen LogP contribution in [0.5, 0.6) is 0 Å². The molecule has 0 aliphatic carbocycles. The second-order valence-corrected chi connectivity index (χ2v) is 6.35. The molecule has 0 unspecified atom stereocenters. The van der Waals surface area contributed by atoms with Crippen molar-refractivity contribution in [2.75, 3.05) is 5.32 Å². The molecule has 4 rings (SSSR count). The normalized spacial score (nSPS) is 10.8. The summed E-state index contributed by atoms with van der Waals surface area (Å²) in [6.45, 7) is 0. The Morgan fingerprint density at radius 2 is 1.68 bits per heavy atom.